The van der Waals surface area contributed by atoms with Crippen molar-refractivity contribution in [2.75, 3.05) is 0 Å². The van der Waals surface area contributed by atoms with Gasteiger partial charge in [-0.05, 0) is 23.3 Å². The molecule has 27 heavy (non-hydrogen) atoms. The molecule has 3 N–H and O–H groups in total. The fourth-order valence-electron chi connectivity index (χ4n) is 2.99. The first-order valence-electron chi connectivity index (χ1n) is 8.60. The number of carbonyl (C=O) groups excluding carboxylic acids is 1. The lowest BCUT2D eigenvalue weighted by Crippen LogP contribution is -2.40. The minimum Gasteiger partial charge on any atom is -0.465 e. The molecule has 0 saturated carbocycles. The third-order valence-corrected chi connectivity index (χ3v) is 4.25. The molecule has 3 rings (SSSR count). The summed E-state index contributed by atoms with van der Waals surface area (Å²) in [6, 6.07) is 26.2. The predicted molar refractivity (Wildman–Crippen MR) is 103 cm³/mol. The van der Waals surface area contributed by atoms with Crippen LogP contribution in [0.1, 0.15) is 33.6 Å². The van der Waals surface area contributed by atoms with Crippen molar-refractivity contribution in [3.63, 3.8) is 0 Å². The van der Waals surface area contributed by atoms with E-state index in [1.54, 1.807) is 24.3 Å². The summed E-state index contributed by atoms with van der Waals surface area (Å²) < 4.78 is 0. The molecule has 5 nitrogen and oxygen atoms in total. The largest absolute Gasteiger partial charge is 0.465 e. The van der Waals surface area contributed by atoms with Crippen molar-refractivity contribution in [1.29, 1.82) is 0 Å². The van der Waals surface area contributed by atoms with E-state index in [0.717, 1.165) is 11.1 Å². The lowest BCUT2D eigenvalue weighted by Gasteiger charge is -2.29. The van der Waals surface area contributed by atoms with Gasteiger partial charge in [-0.2, -0.15) is 0 Å². The number of carboxylic acid groups (broad SMARTS) is 1. The molecular weight excluding hydrogens is 340 g/mol. The van der Waals surface area contributed by atoms with Crippen molar-refractivity contribution in [2.45, 2.75) is 12.1 Å². The van der Waals surface area contributed by atoms with Crippen LogP contribution in [0, 0.1) is 0 Å². The van der Waals surface area contributed by atoms with Gasteiger partial charge < -0.3 is 15.7 Å². The van der Waals surface area contributed by atoms with Crippen LogP contribution < -0.4 is 10.6 Å². The van der Waals surface area contributed by atoms with Gasteiger partial charge in [0, 0.05) is 5.56 Å². The molecular formula is C22H20N2O3. The molecule has 0 aromatic heterocycles. The number of hydrogen-bond acceptors (Lipinski definition) is 2. The number of carbonyl (C=O) groups is 2. The van der Waals surface area contributed by atoms with Crippen LogP contribution in [0.2, 0.25) is 0 Å². The molecule has 2 atom stereocenters. The molecule has 0 aliphatic carbocycles. The van der Waals surface area contributed by atoms with E-state index in [4.69, 9.17) is 0 Å². The Kier molecular flexibility index (Phi) is 5.84. The van der Waals surface area contributed by atoms with E-state index >= 15 is 0 Å². The highest BCUT2D eigenvalue weighted by Gasteiger charge is 2.28. The molecule has 0 fully saturated rings. The number of hydrogen-bond donors (Lipinski definition) is 3. The second-order valence-electron chi connectivity index (χ2n) is 6.07. The van der Waals surface area contributed by atoms with Gasteiger partial charge in [-0.15, -0.1) is 0 Å². The maximum Gasteiger partial charge on any atom is 0.405 e. The summed E-state index contributed by atoms with van der Waals surface area (Å²) in [4.78, 5) is 24.2. The third kappa shape index (κ3) is 4.73. The molecule has 0 aliphatic heterocycles. The molecule has 0 saturated heterocycles. The van der Waals surface area contributed by atoms with Crippen molar-refractivity contribution in [3.05, 3.63) is 108 Å². The second-order valence-corrected chi connectivity index (χ2v) is 6.07. The zero-order valence-corrected chi connectivity index (χ0v) is 14.6. The summed E-state index contributed by atoms with van der Waals surface area (Å²) >= 11 is 0. The average Bonchev–Trinajstić information content (AvgIpc) is 2.72. The summed E-state index contributed by atoms with van der Waals surface area (Å²) in [6.07, 6.45) is -1.15. The van der Waals surface area contributed by atoms with Crippen molar-refractivity contribution in [3.8, 4) is 0 Å². The highest BCUT2D eigenvalue weighted by molar-refractivity contribution is 5.94. The zero-order valence-electron chi connectivity index (χ0n) is 14.6. The normalized spacial score (nSPS) is 12.6. The number of rotatable bonds is 6. The number of benzene rings is 3. The SMILES string of the molecule is O=C(O)N[C@H](c1ccccc1)[C@@H](NC(=O)c1ccccc1)c1ccccc1. The van der Waals surface area contributed by atoms with Gasteiger partial charge in [-0.1, -0.05) is 78.9 Å². The van der Waals surface area contributed by atoms with E-state index in [-0.39, 0.29) is 5.91 Å². The average molecular weight is 360 g/mol. The zero-order chi connectivity index (χ0) is 19.1. The van der Waals surface area contributed by atoms with Crippen LogP contribution >= 0.6 is 0 Å². The minimum absolute atomic E-state index is 0.266. The minimum atomic E-state index is -1.15. The lowest BCUT2D eigenvalue weighted by molar-refractivity contribution is 0.0924. The van der Waals surface area contributed by atoms with Crippen molar-refractivity contribution in [2.24, 2.45) is 0 Å². The molecule has 3 aromatic rings. The molecule has 2 amide bonds. The first-order chi connectivity index (χ1) is 13.1. The Morgan fingerprint density at radius 3 is 1.48 bits per heavy atom. The fourth-order valence-corrected chi connectivity index (χ4v) is 2.99. The van der Waals surface area contributed by atoms with Gasteiger partial charge in [0.05, 0.1) is 12.1 Å². The van der Waals surface area contributed by atoms with Crippen LogP contribution in [0.25, 0.3) is 0 Å². The van der Waals surface area contributed by atoms with E-state index in [1.807, 2.05) is 66.7 Å². The van der Waals surface area contributed by atoms with Crippen LogP contribution in [0.15, 0.2) is 91.0 Å². The Hall–Kier alpha value is -3.60. The molecule has 0 spiro atoms. The van der Waals surface area contributed by atoms with Crippen molar-refractivity contribution in [1.82, 2.24) is 10.6 Å². The summed E-state index contributed by atoms with van der Waals surface area (Å²) in [6.45, 7) is 0. The lowest BCUT2D eigenvalue weighted by atomic mass is 9.93. The van der Waals surface area contributed by atoms with Gasteiger partial charge in [0.15, 0.2) is 0 Å². The van der Waals surface area contributed by atoms with Crippen LogP contribution in [0.4, 0.5) is 4.79 Å². The molecule has 0 bridgehead atoms. The number of nitrogens with one attached hydrogen (secondary N) is 2. The first kappa shape index (κ1) is 18.2. The van der Waals surface area contributed by atoms with Gasteiger partial charge in [0.1, 0.15) is 0 Å². The highest BCUT2D eigenvalue weighted by atomic mass is 16.4. The Morgan fingerprint density at radius 1 is 0.630 bits per heavy atom. The van der Waals surface area contributed by atoms with Gasteiger partial charge >= 0.3 is 6.09 Å². The second kappa shape index (κ2) is 8.67. The summed E-state index contributed by atoms with van der Waals surface area (Å²) in [5.74, 6) is -0.266. The molecule has 5 heteroatoms. The van der Waals surface area contributed by atoms with Gasteiger partial charge in [-0.3, -0.25) is 4.79 Å². The van der Waals surface area contributed by atoms with Crippen LogP contribution in [0.3, 0.4) is 0 Å². The Bertz CT molecular complexity index is 883. The van der Waals surface area contributed by atoms with Gasteiger partial charge in [-0.25, -0.2) is 4.79 Å². The smallest absolute Gasteiger partial charge is 0.405 e. The standard InChI is InChI=1S/C22H20N2O3/c25-21(18-14-8-3-9-15-18)23-19(16-10-4-1-5-11-16)20(24-22(26)27)17-12-6-2-7-13-17/h1-15,19-20,24H,(H,23,25)(H,26,27)/t19-,20+/m0/s1. The molecule has 0 aliphatic rings. The topological polar surface area (TPSA) is 78.4 Å². The maximum absolute atomic E-state index is 12.8. The Balaban J connectivity index is 1.99. The molecule has 136 valence electrons. The van der Waals surface area contributed by atoms with Crippen molar-refractivity contribution < 1.29 is 14.7 Å². The maximum atomic E-state index is 12.8. The summed E-state index contributed by atoms with van der Waals surface area (Å²) in [5, 5.41) is 14.9. The van der Waals surface area contributed by atoms with Crippen LogP contribution in [-0.2, 0) is 0 Å². The molecule has 0 unspecified atom stereocenters. The first-order valence-corrected chi connectivity index (χ1v) is 8.60. The van der Waals surface area contributed by atoms with Gasteiger partial charge in [0.2, 0.25) is 0 Å². The van der Waals surface area contributed by atoms with E-state index in [9.17, 15) is 14.7 Å². The van der Waals surface area contributed by atoms with E-state index < -0.39 is 18.2 Å². The van der Waals surface area contributed by atoms with E-state index in [0.29, 0.717) is 5.56 Å². The van der Waals surface area contributed by atoms with Gasteiger partial charge in [0.25, 0.3) is 5.91 Å². The molecule has 0 radical (unpaired) electrons. The molecule has 3 aromatic carbocycles. The fraction of sp³-hybridized carbons (Fsp3) is 0.0909. The van der Waals surface area contributed by atoms with Crippen LogP contribution in [-0.4, -0.2) is 17.1 Å². The predicted octanol–water partition coefficient (Wildman–Crippen LogP) is 4.17. The monoisotopic (exact) mass is 360 g/mol. The Labute approximate surface area is 157 Å². The number of amides is 2. The summed E-state index contributed by atoms with van der Waals surface area (Å²) in [7, 11) is 0. The third-order valence-electron chi connectivity index (χ3n) is 4.25. The van der Waals surface area contributed by atoms with E-state index in [2.05, 4.69) is 10.6 Å². The summed E-state index contributed by atoms with van der Waals surface area (Å²) in [5.41, 5.74) is 2.09. The quantitative estimate of drug-likeness (QED) is 0.617. The van der Waals surface area contributed by atoms with Crippen molar-refractivity contribution >= 4 is 12.0 Å². The van der Waals surface area contributed by atoms with E-state index in [1.165, 1.54) is 0 Å². The van der Waals surface area contributed by atoms with Crippen LogP contribution in [0.5, 0.6) is 0 Å². The highest BCUT2D eigenvalue weighted by Crippen LogP contribution is 2.29. The Morgan fingerprint density at radius 2 is 1.04 bits per heavy atom. The molecule has 0 heterocycles.